The Morgan fingerprint density at radius 1 is 1.06 bits per heavy atom. The summed E-state index contributed by atoms with van der Waals surface area (Å²) in [6.07, 6.45) is 0. The zero-order valence-electron chi connectivity index (χ0n) is 10.5. The average Bonchev–Trinajstić information content (AvgIpc) is 2.39. The van der Waals surface area contributed by atoms with Crippen LogP contribution in [0, 0.1) is 6.92 Å². The summed E-state index contributed by atoms with van der Waals surface area (Å²) in [5, 5.41) is 9.71. The second-order valence-electron chi connectivity index (χ2n) is 4.06. The van der Waals surface area contributed by atoms with E-state index in [9.17, 15) is 5.11 Å². The van der Waals surface area contributed by atoms with Crippen LogP contribution in [0.2, 0.25) is 0 Å². The van der Waals surface area contributed by atoms with Gasteiger partial charge in [0.25, 0.3) is 0 Å². The highest BCUT2D eigenvalue weighted by Crippen LogP contribution is 2.30. The molecule has 0 atom stereocenters. The van der Waals surface area contributed by atoms with Crippen molar-refractivity contribution >= 4 is 0 Å². The number of hydrogen-bond donors (Lipinski definition) is 1. The minimum Gasteiger partial charge on any atom is -0.504 e. The number of benzene rings is 2. The van der Waals surface area contributed by atoms with Crippen molar-refractivity contribution in [1.82, 2.24) is 0 Å². The fourth-order valence-corrected chi connectivity index (χ4v) is 1.70. The first-order valence-corrected chi connectivity index (χ1v) is 5.75. The van der Waals surface area contributed by atoms with Gasteiger partial charge < -0.3 is 14.6 Å². The molecule has 3 heteroatoms. The third-order valence-corrected chi connectivity index (χ3v) is 2.73. The van der Waals surface area contributed by atoms with Crippen LogP contribution >= 0.6 is 0 Å². The highest BCUT2D eigenvalue weighted by molar-refractivity contribution is 5.44. The molecule has 0 saturated carbocycles. The second-order valence-corrected chi connectivity index (χ2v) is 4.06. The van der Waals surface area contributed by atoms with Crippen molar-refractivity contribution < 1.29 is 14.6 Å². The fourth-order valence-electron chi connectivity index (χ4n) is 1.70. The molecule has 0 amide bonds. The Bertz CT molecular complexity index is 498. The summed E-state index contributed by atoms with van der Waals surface area (Å²) in [5.41, 5.74) is 1.95. The molecule has 0 bridgehead atoms. The molecule has 0 aliphatic heterocycles. The molecule has 18 heavy (non-hydrogen) atoms. The van der Waals surface area contributed by atoms with Crippen LogP contribution in [-0.4, -0.2) is 12.2 Å². The van der Waals surface area contributed by atoms with Crippen LogP contribution < -0.4 is 9.47 Å². The third-order valence-electron chi connectivity index (χ3n) is 2.73. The van der Waals surface area contributed by atoms with E-state index in [0.29, 0.717) is 12.4 Å². The first kappa shape index (κ1) is 12.3. The maximum absolute atomic E-state index is 9.71. The molecule has 0 aliphatic rings. The molecule has 0 radical (unpaired) electrons. The van der Waals surface area contributed by atoms with Gasteiger partial charge in [0.1, 0.15) is 12.4 Å². The van der Waals surface area contributed by atoms with Crippen LogP contribution in [-0.2, 0) is 6.61 Å². The van der Waals surface area contributed by atoms with E-state index in [-0.39, 0.29) is 5.75 Å². The first-order chi connectivity index (χ1) is 8.70. The monoisotopic (exact) mass is 244 g/mol. The number of hydrogen-bond acceptors (Lipinski definition) is 3. The quantitative estimate of drug-likeness (QED) is 0.897. The molecule has 2 rings (SSSR count). The Hall–Kier alpha value is -2.16. The maximum atomic E-state index is 9.71. The van der Waals surface area contributed by atoms with Gasteiger partial charge in [-0.2, -0.15) is 0 Å². The van der Waals surface area contributed by atoms with Crippen molar-refractivity contribution in [3.8, 4) is 17.2 Å². The van der Waals surface area contributed by atoms with Gasteiger partial charge in [-0.15, -0.1) is 0 Å². The van der Waals surface area contributed by atoms with Crippen LogP contribution in [0.1, 0.15) is 11.1 Å². The molecule has 0 aromatic heterocycles. The molecule has 2 aromatic carbocycles. The van der Waals surface area contributed by atoms with Gasteiger partial charge in [-0.3, -0.25) is 0 Å². The lowest BCUT2D eigenvalue weighted by atomic mass is 10.2. The van der Waals surface area contributed by atoms with Gasteiger partial charge >= 0.3 is 0 Å². The van der Waals surface area contributed by atoms with Crippen molar-refractivity contribution in [3.63, 3.8) is 0 Å². The lowest BCUT2D eigenvalue weighted by Gasteiger charge is -2.11. The Kier molecular flexibility index (Phi) is 3.72. The molecular weight excluding hydrogens is 228 g/mol. The van der Waals surface area contributed by atoms with Gasteiger partial charge in [0.05, 0.1) is 7.11 Å². The molecular formula is C15H16O3. The van der Waals surface area contributed by atoms with E-state index in [4.69, 9.17) is 9.47 Å². The summed E-state index contributed by atoms with van der Waals surface area (Å²) in [5.74, 6) is 1.52. The zero-order chi connectivity index (χ0) is 13.0. The number of para-hydroxylation sites is 1. The number of phenols is 1. The summed E-state index contributed by atoms with van der Waals surface area (Å²) >= 11 is 0. The number of aromatic hydroxyl groups is 1. The predicted octanol–water partition coefficient (Wildman–Crippen LogP) is 3.29. The van der Waals surface area contributed by atoms with E-state index in [1.807, 2.05) is 37.3 Å². The van der Waals surface area contributed by atoms with E-state index < -0.39 is 0 Å². The third kappa shape index (κ3) is 2.74. The van der Waals surface area contributed by atoms with Gasteiger partial charge in [0, 0.05) is 0 Å². The van der Waals surface area contributed by atoms with Gasteiger partial charge in [-0.25, -0.2) is 0 Å². The highest BCUT2D eigenvalue weighted by atomic mass is 16.5. The molecule has 0 fully saturated rings. The number of ether oxygens (including phenoxy) is 2. The zero-order valence-corrected chi connectivity index (χ0v) is 10.5. The van der Waals surface area contributed by atoms with Crippen molar-refractivity contribution in [3.05, 3.63) is 53.6 Å². The molecule has 3 nitrogen and oxygen atoms in total. The number of phenolic OH excluding ortho intramolecular Hbond substituents is 1. The van der Waals surface area contributed by atoms with E-state index >= 15 is 0 Å². The Morgan fingerprint density at radius 3 is 2.39 bits per heavy atom. The summed E-state index contributed by atoms with van der Waals surface area (Å²) in [7, 11) is 1.64. The summed E-state index contributed by atoms with van der Waals surface area (Å²) in [6, 6.07) is 13.0. The van der Waals surface area contributed by atoms with Crippen molar-refractivity contribution in [2.45, 2.75) is 13.5 Å². The number of rotatable bonds is 4. The second kappa shape index (κ2) is 5.45. The van der Waals surface area contributed by atoms with E-state index in [0.717, 1.165) is 16.9 Å². The van der Waals surface area contributed by atoms with E-state index in [1.165, 1.54) is 0 Å². The van der Waals surface area contributed by atoms with Gasteiger partial charge in [0.2, 0.25) is 0 Å². The van der Waals surface area contributed by atoms with Crippen LogP contribution in [0.3, 0.4) is 0 Å². The van der Waals surface area contributed by atoms with Crippen molar-refractivity contribution in [2.24, 2.45) is 0 Å². The lowest BCUT2D eigenvalue weighted by Crippen LogP contribution is -1.97. The van der Waals surface area contributed by atoms with Gasteiger partial charge in [-0.1, -0.05) is 24.3 Å². The minimum absolute atomic E-state index is 0.170. The normalized spacial score (nSPS) is 10.1. The Labute approximate surface area is 107 Å². The minimum atomic E-state index is 0.170. The average molecular weight is 244 g/mol. The van der Waals surface area contributed by atoms with Crippen molar-refractivity contribution in [2.75, 3.05) is 7.11 Å². The lowest BCUT2D eigenvalue weighted by molar-refractivity contribution is 0.286. The maximum Gasteiger partial charge on any atom is 0.164 e. The number of methoxy groups -OCH3 is 1. The molecule has 0 spiro atoms. The molecule has 0 unspecified atom stereocenters. The molecule has 0 heterocycles. The Balaban J connectivity index is 2.06. The number of aryl methyl sites for hydroxylation is 1. The Morgan fingerprint density at radius 2 is 1.78 bits per heavy atom. The molecule has 0 aliphatic carbocycles. The highest BCUT2D eigenvalue weighted by Gasteiger charge is 2.05. The molecule has 2 aromatic rings. The predicted molar refractivity (Wildman–Crippen MR) is 70.2 cm³/mol. The van der Waals surface area contributed by atoms with Crippen LogP contribution in [0.5, 0.6) is 17.2 Å². The topological polar surface area (TPSA) is 38.7 Å². The fraction of sp³-hybridized carbons (Fsp3) is 0.200. The molecule has 1 N–H and O–H groups in total. The van der Waals surface area contributed by atoms with Gasteiger partial charge in [0.15, 0.2) is 11.5 Å². The summed E-state index contributed by atoms with van der Waals surface area (Å²) in [6.45, 7) is 2.32. The molecule has 94 valence electrons. The van der Waals surface area contributed by atoms with E-state index in [1.54, 1.807) is 19.2 Å². The standard InChI is InChI=1S/C15H16O3/c1-11-4-3-5-14(16)15(11)18-10-12-6-8-13(17-2)9-7-12/h3-9,16H,10H2,1-2H3. The van der Waals surface area contributed by atoms with Crippen LogP contribution in [0.25, 0.3) is 0 Å². The largest absolute Gasteiger partial charge is 0.504 e. The molecule has 0 saturated heterocycles. The van der Waals surface area contributed by atoms with E-state index in [2.05, 4.69) is 0 Å². The first-order valence-electron chi connectivity index (χ1n) is 5.75. The van der Waals surface area contributed by atoms with Crippen LogP contribution in [0.4, 0.5) is 0 Å². The summed E-state index contributed by atoms with van der Waals surface area (Å²) < 4.78 is 10.7. The SMILES string of the molecule is COc1ccc(COc2c(C)cccc2O)cc1. The van der Waals surface area contributed by atoms with Crippen molar-refractivity contribution in [1.29, 1.82) is 0 Å². The van der Waals surface area contributed by atoms with Gasteiger partial charge in [-0.05, 0) is 36.2 Å². The van der Waals surface area contributed by atoms with Crippen LogP contribution in [0.15, 0.2) is 42.5 Å². The smallest absolute Gasteiger partial charge is 0.164 e. The summed E-state index contributed by atoms with van der Waals surface area (Å²) in [4.78, 5) is 0.